The Morgan fingerprint density at radius 1 is 0.821 bits per heavy atom. The van der Waals surface area contributed by atoms with Gasteiger partial charge in [-0.2, -0.15) is 0 Å². The molecule has 3 aliphatic rings. The average molecular weight is 377 g/mol. The van der Waals surface area contributed by atoms with Crippen LogP contribution in [-0.2, 0) is 11.2 Å². The number of hydrogen-bond donors (Lipinski definition) is 1. The second-order valence-electron chi connectivity index (χ2n) is 8.49. The van der Waals surface area contributed by atoms with Crippen molar-refractivity contribution in [2.24, 2.45) is 0 Å². The minimum Gasteiger partial charge on any atom is -0.508 e. The molecule has 4 nitrogen and oxygen atoms in total. The first kappa shape index (κ1) is 17.7. The molecule has 1 amide bonds. The van der Waals surface area contributed by atoms with E-state index in [-0.39, 0.29) is 12.1 Å². The number of amides is 1. The van der Waals surface area contributed by atoms with Crippen LogP contribution in [0.15, 0.2) is 48.5 Å². The third-order valence-corrected chi connectivity index (χ3v) is 7.02. The summed E-state index contributed by atoms with van der Waals surface area (Å²) in [6.45, 7) is 2.86. The minimum absolute atomic E-state index is 0.0635. The summed E-state index contributed by atoms with van der Waals surface area (Å²) in [6, 6.07) is 16.6. The van der Waals surface area contributed by atoms with Crippen molar-refractivity contribution in [2.75, 3.05) is 19.6 Å². The average Bonchev–Trinajstić information content (AvgIpc) is 3.32. The van der Waals surface area contributed by atoms with Gasteiger partial charge in [0.2, 0.25) is 5.91 Å². The van der Waals surface area contributed by atoms with E-state index in [9.17, 15) is 9.90 Å². The van der Waals surface area contributed by atoms with Gasteiger partial charge in [0.1, 0.15) is 5.75 Å². The summed E-state index contributed by atoms with van der Waals surface area (Å²) in [7, 11) is 0. The number of phenols is 1. The van der Waals surface area contributed by atoms with Gasteiger partial charge >= 0.3 is 0 Å². The molecule has 1 N–H and O–H groups in total. The highest BCUT2D eigenvalue weighted by Gasteiger charge is 2.42. The summed E-state index contributed by atoms with van der Waals surface area (Å²) in [4.78, 5) is 17.8. The highest BCUT2D eigenvalue weighted by atomic mass is 16.3. The molecular formula is C24H28N2O2. The van der Waals surface area contributed by atoms with Gasteiger partial charge in [0.05, 0.1) is 12.1 Å². The molecule has 1 aliphatic carbocycles. The number of hydrogen-bond acceptors (Lipinski definition) is 3. The first-order chi connectivity index (χ1) is 13.7. The number of rotatable bonds is 3. The third-order valence-electron chi connectivity index (χ3n) is 7.02. The van der Waals surface area contributed by atoms with Gasteiger partial charge in [0.15, 0.2) is 0 Å². The zero-order valence-corrected chi connectivity index (χ0v) is 16.3. The SMILES string of the molecule is O=C1C(N2CCC(c3ccc(O)cc3)CC2)CCN1C1CCc2ccccc21. The molecular weight excluding hydrogens is 348 g/mol. The summed E-state index contributed by atoms with van der Waals surface area (Å²) in [5, 5.41) is 9.50. The lowest BCUT2D eigenvalue weighted by Gasteiger charge is -2.35. The molecule has 2 saturated heterocycles. The normalized spacial score (nSPS) is 26.0. The van der Waals surface area contributed by atoms with Crippen molar-refractivity contribution in [1.82, 2.24) is 9.80 Å². The smallest absolute Gasteiger partial charge is 0.240 e. The molecule has 2 unspecified atom stereocenters. The monoisotopic (exact) mass is 376 g/mol. The Balaban J connectivity index is 1.23. The number of benzene rings is 2. The molecule has 2 heterocycles. The van der Waals surface area contributed by atoms with Crippen molar-refractivity contribution in [3.05, 3.63) is 65.2 Å². The van der Waals surface area contributed by atoms with Crippen LogP contribution >= 0.6 is 0 Å². The number of aryl methyl sites for hydroxylation is 1. The molecule has 0 aromatic heterocycles. The third kappa shape index (κ3) is 3.10. The lowest BCUT2D eigenvalue weighted by molar-refractivity contribution is -0.134. The zero-order chi connectivity index (χ0) is 19.1. The van der Waals surface area contributed by atoms with Gasteiger partial charge in [-0.3, -0.25) is 9.69 Å². The molecule has 0 saturated carbocycles. The Labute approximate surface area is 166 Å². The van der Waals surface area contributed by atoms with Crippen molar-refractivity contribution in [3.8, 4) is 5.75 Å². The van der Waals surface area contributed by atoms with E-state index in [1.165, 1.54) is 16.7 Å². The summed E-state index contributed by atoms with van der Waals surface area (Å²) >= 11 is 0. The number of fused-ring (bicyclic) bond motifs is 1. The number of piperidine rings is 1. The maximum absolute atomic E-state index is 13.2. The van der Waals surface area contributed by atoms with Crippen molar-refractivity contribution >= 4 is 5.91 Å². The zero-order valence-electron chi connectivity index (χ0n) is 16.3. The standard InChI is InChI=1S/C24H28N2O2/c27-20-8-5-17(6-9-20)18-11-14-25(15-12-18)23-13-16-26(24(23)28)22-10-7-19-3-1-2-4-21(19)22/h1-6,8-9,18,22-23,27H,7,10-16H2. The van der Waals surface area contributed by atoms with E-state index in [1.807, 2.05) is 12.1 Å². The van der Waals surface area contributed by atoms with E-state index < -0.39 is 0 Å². The molecule has 0 bridgehead atoms. The minimum atomic E-state index is 0.0635. The number of carbonyl (C=O) groups excluding carboxylic acids is 1. The van der Waals surface area contributed by atoms with E-state index in [2.05, 4.69) is 34.1 Å². The molecule has 4 heteroatoms. The quantitative estimate of drug-likeness (QED) is 0.885. The van der Waals surface area contributed by atoms with E-state index >= 15 is 0 Å². The van der Waals surface area contributed by atoms with E-state index in [4.69, 9.17) is 0 Å². The van der Waals surface area contributed by atoms with Crippen LogP contribution in [0.5, 0.6) is 5.75 Å². The second kappa shape index (κ2) is 7.25. The molecule has 2 aliphatic heterocycles. The fourth-order valence-corrected chi connectivity index (χ4v) is 5.48. The van der Waals surface area contributed by atoms with Crippen LogP contribution < -0.4 is 0 Å². The molecule has 0 spiro atoms. The molecule has 0 radical (unpaired) electrons. The van der Waals surface area contributed by atoms with Gasteiger partial charge < -0.3 is 10.0 Å². The molecule has 2 aromatic carbocycles. The van der Waals surface area contributed by atoms with Crippen LogP contribution in [0, 0.1) is 0 Å². The molecule has 2 aromatic rings. The first-order valence-electron chi connectivity index (χ1n) is 10.6. The second-order valence-corrected chi connectivity index (χ2v) is 8.49. The van der Waals surface area contributed by atoms with Gasteiger partial charge in [-0.05, 0) is 79.9 Å². The summed E-state index contributed by atoms with van der Waals surface area (Å²) in [5.41, 5.74) is 4.08. The van der Waals surface area contributed by atoms with E-state index in [0.717, 1.165) is 51.7 Å². The summed E-state index contributed by atoms with van der Waals surface area (Å²) in [6.07, 6.45) is 5.29. The van der Waals surface area contributed by atoms with Gasteiger partial charge in [-0.15, -0.1) is 0 Å². The Morgan fingerprint density at radius 3 is 2.36 bits per heavy atom. The molecule has 2 atom stereocenters. The Kier molecular flexibility index (Phi) is 4.59. The van der Waals surface area contributed by atoms with Crippen LogP contribution in [0.2, 0.25) is 0 Å². The van der Waals surface area contributed by atoms with Crippen molar-refractivity contribution in [2.45, 2.75) is 50.1 Å². The molecule has 146 valence electrons. The summed E-state index contributed by atoms with van der Waals surface area (Å²) in [5.74, 6) is 1.20. The lowest BCUT2D eigenvalue weighted by Crippen LogP contribution is -2.45. The van der Waals surface area contributed by atoms with Gasteiger partial charge in [0.25, 0.3) is 0 Å². The first-order valence-corrected chi connectivity index (χ1v) is 10.6. The van der Waals surface area contributed by atoms with Crippen LogP contribution in [0.1, 0.15) is 54.3 Å². The number of phenolic OH excluding ortho intramolecular Hbond substituents is 1. The van der Waals surface area contributed by atoms with Gasteiger partial charge in [0, 0.05) is 6.54 Å². The largest absolute Gasteiger partial charge is 0.508 e. The molecule has 2 fully saturated rings. The van der Waals surface area contributed by atoms with Crippen LogP contribution in [0.25, 0.3) is 0 Å². The van der Waals surface area contributed by atoms with E-state index in [0.29, 0.717) is 17.6 Å². The predicted octanol–water partition coefficient (Wildman–Crippen LogP) is 3.86. The fourth-order valence-electron chi connectivity index (χ4n) is 5.48. The van der Waals surface area contributed by atoms with Crippen molar-refractivity contribution in [1.29, 1.82) is 0 Å². The number of likely N-dealkylation sites (tertiary alicyclic amines) is 2. The summed E-state index contributed by atoms with van der Waals surface area (Å²) < 4.78 is 0. The highest BCUT2D eigenvalue weighted by Crippen LogP contribution is 2.39. The number of nitrogens with zero attached hydrogens (tertiary/aromatic N) is 2. The van der Waals surface area contributed by atoms with Crippen molar-refractivity contribution < 1.29 is 9.90 Å². The van der Waals surface area contributed by atoms with Gasteiger partial charge in [-0.25, -0.2) is 0 Å². The fraction of sp³-hybridized carbons (Fsp3) is 0.458. The van der Waals surface area contributed by atoms with Crippen LogP contribution in [-0.4, -0.2) is 46.5 Å². The topological polar surface area (TPSA) is 43.8 Å². The van der Waals surface area contributed by atoms with Crippen LogP contribution in [0.3, 0.4) is 0 Å². The Morgan fingerprint density at radius 2 is 1.57 bits per heavy atom. The van der Waals surface area contributed by atoms with Gasteiger partial charge in [-0.1, -0.05) is 36.4 Å². The van der Waals surface area contributed by atoms with Crippen molar-refractivity contribution in [3.63, 3.8) is 0 Å². The number of aromatic hydroxyl groups is 1. The maximum Gasteiger partial charge on any atom is 0.240 e. The Hall–Kier alpha value is -2.33. The number of carbonyl (C=O) groups is 1. The maximum atomic E-state index is 13.2. The predicted molar refractivity (Wildman–Crippen MR) is 109 cm³/mol. The molecule has 5 rings (SSSR count). The Bertz CT molecular complexity index is 855. The molecule has 28 heavy (non-hydrogen) atoms. The lowest BCUT2D eigenvalue weighted by atomic mass is 9.89. The highest BCUT2D eigenvalue weighted by molar-refractivity contribution is 5.84. The van der Waals surface area contributed by atoms with E-state index in [1.54, 1.807) is 12.1 Å². The van der Waals surface area contributed by atoms with Crippen LogP contribution in [0.4, 0.5) is 0 Å².